The lowest BCUT2D eigenvalue weighted by Gasteiger charge is -2.23. The average Bonchev–Trinajstić information content (AvgIpc) is 3.16. The van der Waals surface area contributed by atoms with Crippen LogP contribution in [0.15, 0.2) is 48.5 Å². The van der Waals surface area contributed by atoms with E-state index >= 15 is 0 Å². The molecule has 1 unspecified atom stereocenters. The smallest absolute Gasteiger partial charge is 0.407 e. The number of carbonyl (C=O) groups excluding carboxylic acids is 2. The van der Waals surface area contributed by atoms with E-state index in [1.54, 1.807) is 13.8 Å². The van der Waals surface area contributed by atoms with Crippen LogP contribution in [0.3, 0.4) is 0 Å². The minimum Gasteiger partial charge on any atom is -0.481 e. The molecule has 0 heterocycles. The van der Waals surface area contributed by atoms with Crippen molar-refractivity contribution in [1.82, 2.24) is 10.6 Å². The van der Waals surface area contributed by atoms with Crippen molar-refractivity contribution < 1.29 is 29.0 Å². The van der Waals surface area contributed by atoms with E-state index in [2.05, 4.69) is 22.8 Å². The van der Waals surface area contributed by atoms with Gasteiger partial charge in [0.1, 0.15) is 12.6 Å². The number of rotatable bonds is 11. The summed E-state index contributed by atoms with van der Waals surface area (Å²) in [6.45, 7) is 3.75. The van der Waals surface area contributed by atoms with Gasteiger partial charge in [-0.3, -0.25) is 9.59 Å². The zero-order chi connectivity index (χ0) is 24.7. The Hall–Kier alpha value is -3.39. The highest BCUT2D eigenvalue weighted by atomic mass is 16.5. The van der Waals surface area contributed by atoms with Crippen LogP contribution in [0.2, 0.25) is 0 Å². The van der Waals surface area contributed by atoms with Crippen molar-refractivity contribution in [3.63, 3.8) is 0 Å². The van der Waals surface area contributed by atoms with Gasteiger partial charge in [0.25, 0.3) is 0 Å². The van der Waals surface area contributed by atoms with Gasteiger partial charge in [0.2, 0.25) is 5.91 Å². The predicted molar refractivity (Wildman–Crippen MR) is 128 cm³/mol. The summed E-state index contributed by atoms with van der Waals surface area (Å²) in [7, 11) is 1.46. The van der Waals surface area contributed by atoms with Gasteiger partial charge in [0, 0.05) is 19.6 Å². The first-order valence-corrected chi connectivity index (χ1v) is 11.5. The van der Waals surface area contributed by atoms with Crippen LogP contribution >= 0.6 is 0 Å². The molecule has 0 fully saturated rings. The molecule has 8 heteroatoms. The molecule has 0 aromatic heterocycles. The summed E-state index contributed by atoms with van der Waals surface area (Å²) in [5, 5.41) is 14.3. The van der Waals surface area contributed by atoms with Gasteiger partial charge in [0.05, 0.1) is 12.0 Å². The fraction of sp³-hybridized carbons (Fsp3) is 0.423. The second kappa shape index (κ2) is 11.7. The summed E-state index contributed by atoms with van der Waals surface area (Å²) in [5.74, 6) is -1.84. The molecule has 3 atom stereocenters. The van der Waals surface area contributed by atoms with Crippen LogP contribution in [-0.4, -0.2) is 55.5 Å². The Morgan fingerprint density at radius 2 is 1.59 bits per heavy atom. The SMILES string of the molecule is CO[C@H](C)[C@H](NC(=O)OCC1c2ccccc2-c2ccccc21)C(=O)NCCCC(C)C(=O)O. The summed E-state index contributed by atoms with van der Waals surface area (Å²) in [4.78, 5) is 36.2. The van der Waals surface area contributed by atoms with Gasteiger partial charge >= 0.3 is 12.1 Å². The minimum atomic E-state index is -0.947. The predicted octanol–water partition coefficient (Wildman–Crippen LogP) is 3.55. The molecule has 0 saturated carbocycles. The summed E-state index contributed by atoms with van der Waals surface area (Å²) in [6.07, 6.45) is -0.332. The number of alkyl carbamates (subject to hydrolysis) is 1. The normalized spacial score (nSPS) is 14.9. The fourth-order valence-corrected chi connectivity index (χ4v) is 4.15. The molecule has 8 nitrogen and oxygen atoms in total. The highest BCUT2D eigenvalue weighted by Crippen LogP contribution is 2.44. The minimum absolute atomic E-state index is 0.0819. The lowest BCUT2D eigenvalue weighted by molar-refractivity contribution is -0.141. The Morgan fingerprint density at radius 3 is 2.15 bits per heavy atom. The number of hydrogen-bond acceptors (Lipinski definition) is 5. The van der Waals surface area contributed by atoms with Crippen LogP contribution < -0.4 is 10.6 Å². The summed E-state index contributed by atoms with van der Waals surface area (Å²) in [6, 6.07) is 15.2. The maximum atomic E-state index is 12.7. The zero-order valence-corrected chi connectivity index (χ0v) is 19.7. The Bertz CT molecular complexity index is 978. The standard InChI is InChI=1S/C26H32N2O6/c1-16(25(30)31)9-8-14-27-24(29)23(17(2)33-3)28-26(32)34-15-22-20-12-6-4-10-18(20)19-11-5-7-13-21(19)22/h4-7,10-13,16-17,22-23H,8-9,14-15H2,1-3H3,(H,27,29)(H,28,32)(H,30,31)/t16?,17-,23+/m1/s1. The molecule has 0 radical (unpaired) electrons. The topological polar surface area (TPSA) is 114 Å². The average molecular weight is 469 g/mol. The van der Waals surface area contributed by atoms with Gasteiger partial charge in [0.15, 0.2) is 0 Å². The molecule has 1 aliphatic rings. The molecule has 3 N–H and O–H groups in total. The van der Waals surface area contributed by atoms with Crippen LogP contribution in [-0.2, 0) is 19.1 Å². The van der Waals surface area contributed by atoms with Gasteiger partial charge < -0.3 is 25.2 Å². The fourth-order valence-electron chi connectivity index (χ4n) is 4.15. The number of methoxy groups -OCH3 is 1. The zero-order valence-electron chi connectivity index (χ0n) is 19.7. The summed E-state index contributed by atoms with van der Waals surface area (Å²) >= 11 is 0. The maximum absolute atomic E-state index is 12.7. The highest BCUT2D eigenvalue weighted by molar-refractivity contribution is 5.86. The summed E-state index contributed by atoms with van der Waals surface area (Å²) in [5.41, 5.74) is 4.47. The molecule has 0 saturated heterocycles. The molecule has 1 aliphatic carbocycles. The second-order valence-corrected chi connectivity index (χ2v) is 8.56. The van der Waals surface area contributed by atoms with Crippen LogP contribution in [0.4, 0.5) is 4.79 Å². The number of carbonyl (C=O) groups is 3. The van der Waals surface area contributed by atoms with Crippen molar-refractivity contribution >= 4 is 18.0 Å². The quantitative estimate of drug-likeness (QED) is 0.435. The number of aliphatic carboxylic acids is 1. The highest BCUT2D eigenvalue weighted by Gasteiger charge is 2.31. The Kier molecular flexibility index (Phi) is 8.65. The number of amides is 2. The number of hydrogen-bond donors (Lipinski definition) is 3. The van der Waals surface area contributed by atoms with Crippen molar-refractivity contribution in [1.29, 1.82) is 0 Å². The van der Waals surface area contributed by atoms with Crippen LogP contribution in [0.5, 0.6) is 0 Å². The van der Waals surface area contributed by atoms with E-state index in [0.29, 0.717) is 19.4 Å². The number of carboxylic acid groups (broad SMARTS) is 1. The van der Waals surface area contributed by atoms with Crippen LogP contribution in [0.1, 0.15) is 43.7 Å². The lowest BCUT2D eigenvalue weighted by Crippen LogP contribution is -2.53. The molecule has 182 valence electrons. The Labute approximate surface area is 199 Å². The monoisotopic (exact) mass is 468 g/mol. The lowest BCUT2D eigenvalue weighted by atomic mass is 9.98. The number of fused-ring (bicyclic) bond motifs is 3. The molecule has 2 aromatic rings. The van der Waals surface area contributed by atoms with Crippen molar-refractivity contribution in [2.24, 2.45) is 5.92 Å². The van der Waals surface area contributed by atoms with Crippen LogP contribution in [0.25, 0.3) is 11.1 Å². The molecule has 0 aliphatic heterocycles. The third-order valence-electron chi connectivity index (χ3n) is 6.28. The largest absolute Gasteiger partial charge is 0.481 e. The first-order valence-electron chi connectivity index (χ1n) is 11.5. The number of ether oxygens (including phenoxy) is 2. The van der Waals surface area contributed by atoms with Crippen molar-refractivity contribution in [2.45, 2.75) is 44.8 Å². The number of benzene rings is 2. The Balaban J connectivity index is 1.57. The van der Waals surface area contributed by atoms with Crippen molar-refractivity contribution in [3.05, 3.63) is 59.7 Å². The Morgan fingerprint density at radius 1 is 1.00 bits per heavy atom. The molecule has 34 heavy (non-hydrogen) atoms. The van der Waals surface area contributed by atoms with Crippen molar-refractivity contribution in [3.8, 4) is 11.1 Å². The van der Waals surface area contributed by atoms with E-state index in [-0.39, 0.29) is 12.5 Å². The first kappa shape index (κ1) is 25.2. The molecular weight excluding hydrogens is 436 g/mol. The van der Waals surface area contributed by atoms with Gasteiger partial charge in [-0.25, -0.2) is 4.79 Å². The molecular formula is C26H32N2O6. The molecule has 3 rings (SSSR count). The van der Waals surface area contributed by atoms with E-state index in [9.17, 15) is 14.4 Å². The van der Waals surface area contributed by atoms with Gasteiger partial charge in [-0.15, -0.1) is 0 Å². The second-order valence-electron chi connectivity index (χ2n) is 8.56. The number of carboxylic acids is 1. The van der Waals surface area contributed by atoms with E-state index in [4.69, 9.17) is 14.6 Å². The van der Waals surface area contributed by atoms with E-state index in [1.807, 2.05) is 36.4 Å². The van der Waals surface area contributed by atoms with Crippen LogP contribution in [0, 0.1) is 5.92 Å². The third kappa shape index (κ3) is 5.94. The van der Waals surface area contributed by atoms with Crippen molar-refractivity contribution in [2.75, 3.05) is 20.3 Å². The molecule has 2 amide bonds. The molecule has 2 aromatic carbocycles. The maximum Gasteiger partial charge on any atom is 0.407 e. The van der Waals surface area contributed by atoms with Gasteiger partial charge in [-0.05, 0) is 42.0 Å². The third-order valence-corrected chi connectivity index (χ3v) is 6.28. The number of nitrogens with one attached hydrogen (secondary N) is 2. The molecule has 0 spiro atoms. The van der Waals surface area contributed by atoms with E-state index in [1.165, 1.54) is 7.11 Å². The summed E-state index contributed by atoms with van der Waals surface area (Å²) < 4.78 is 10.8. The first-order chi connectivity index (χ1) is 16.3. The van der Waals surface area contributed by atoms with Gasteiger partial charge in [-0.1, -0.05) is 55.5 Å². The van der Waals surface area contributed by atoms with E-state index < -0.39 is 36.0 Å². The molecule has 0 bridgehead atoms. The van der Waals surface area contributed by atoms with Gasteiger partial charge in [-0.2, -0.15) is 0 Å². The van der Waals surface area contributed by atoms with E-state index in [0.717, 1.165) is 22.3 Å².